The van der Waals surface area contributed by atoms with Gasteiger partial charge in [-0.15, -0.1) is 0 Å². The number of anilines is 1. The summed E-state index contributed by atoms with van der Waals surface area (Å²) in [7, 11) is -3.70. The molecule has 0 spiro atoms. The zero-order chi connectivity index (χ0) is 17.2. The summed E-state index contributed by atoms with van der Waals surface area (Å²) in [4.78, 5) is 14.3. The number of hydrogen-bond acceptors (Lipinski definition) is 3. The number of nitrogens with one attached hydrogen (secondary N) is 1. The van der Waals surface area contributed by atoms with Gasteiger partial charge in [0.1, 0.15) is 6.04 Å². The molecule has 1 N–H and O–H groups in total. The van der Waals surface area contributed by atoms with E-state index in [1.807, 2.05) is 37.3 Å². The molecule has 0 aliphatic carbocycles. The molecule has 1 aliphatic rings. The largest absolute Gasteiger partial charge is 0.311 e. The summed E-state index contributed by atoms with van der Waals surface area (Å²) in [6, 6.07) is 15.3. The first kappa shape index (κ1) is 16.7. The highest BCUT2D eigenvalue weighted by Crippen LogP contribution is 2.22. The standard InChI is InChI=1S/C18H20N2O3S/c1-2-14-8-10-16(11-9-14)24(22,23)19-17-12-13-20(18(17)21)15-6-4-3-5-7-15/h3-11,17,19H,2,12-13H2,1H3/t17-/m1/s1. The topological polar surface area (TPSA) is 66.5 Å². The van der Waals surface area contributed by atoms with E-state index in [1.165, 1.54) is 0 Å². The average Bonchev–Trinajstić information content (AvgIpc) is 2.96. The van der Waals surface area contributed by atoms with Crippen molar-refractivity contribution in [1.82, 2.24) is 4.72 Å². The molecule has 5 nitrogen and oxygen atoms in total. The van der Waals surface area contributed by atoms with Gasteiger partial charge < -0.3 is 4.90 Å². The number of rotatable bonds is 5. The number of sulfonamides is 1. The Labute approximate surface area is 142 Å². The van der Waals surface area contributed by atoms with E-state index >= 15 is 0 Å². The van der Waals surface area contributed by atoms with Gasteiger partial charge in [0.25, 0.3) is 0 Å². The highest BCUT2D eigenvalue weighted by Gasteiger charge is 2.35. The van der Waals surface area contributed by atoms with Crippen molar-refractivity contribution < 1.29 is 13.2 Å². The van der Waals surface area contributed by atoms with Gasteiger partial charge in [-0.2, -0.15) is 4.72 Å². The molecule has 1 amide bonds. The van der Waals surface area contributed by atoms with Gasteiger partial charge in [-0.25, -0.2) is 8.42 Å². The number of carbonyl (C=O) groups excluding carboxylic acids is 1. The SMILES string of the molecule is CCc1ccc(S(=O)(=O)N[C@@H]2CCN(c3ccccc3)C2=O)cc1. The molecule has 0 unspecified atom stereocenters. The molecule has 1 atom stereocenters. The number of benzene rings is 2. The summed E-state index contributed by atoms with van der Waals surface area (Å²) in [5.74, 6) is -0.213. The average molecular weight is 344 g/mol. The smallest absolute Gasteiger partial charge is 0.245 e. The first-order valence-corrected chi connectivity index (χ1v) is 9.47. The van der Waals surface area contributed by atoms with Gasteiger partial charge in [0.2, 0.25) is 15.9 Å². The summed E-state index contributed by atoms with van der Waals surface area (Å²) < 4.78 is 27.5. The van der Waals surface area contributed by atoms with Gasteiger partial charge in [-0.05, 0) is 42.7 Å². The minimum Gasteiger partial charge on any atom is -0.311 e. The van der Waals surface area contributed by atoms with Gasteiger partial charge in [-0.3, -0.25) is 4.79 Å². The quantitative estimate of drug-likeness (QED) is 0.905. The summed E-state index contributed by atoms with van der Waals surface area (Å²) in [6.07, 6.45) is 1.31. The van der Waals surface area contributed by atoms with Crippen LogP contribution in [-0.2, 0) is 21.2 Å². The monoisotopic (exact) mass is 344 g/mol. The predicted octanol–water partition coefficient (Wildman–Crippen LogP) is 2.33. The second kappa shape index (κ2) is 6.75. The van der Waals surface area contributed by atoms with Crippen LogP contribution in [-0.4, -0.2) is 26.9 Å². The zero-order valence-electron chi connectivity index (χ0n) is 13.5. The molecule has 0 bridgehead atoms. The Morgan fingerprint density at radius 2 is 1.75 bits per heavy atom. The number of para-hydroxylation sites is 1. The van der Waals surface area contributed by atoms with Crippen molar-refractivity contribution in [3.05, 3.63) is 60.2 Å². The number of aryl methyl sites for hydroxylation is 1. The van der Waals surface area contributed by atoms with Crippen LogP contribution in [0.25, 0.3) is 0 Å². The van der Waals surface area contributed by atoms with E-state index in [4.69, 9.17) is 0 Å². The van der Waals surface area contributed by atoms with Crippen molar-refractivity contribution >= 4 is 21.6 Å². The van der Waals surface area contributed by atoms with Crippen LogP contribution in [0.5, 0.6) is 0 Å². The lowest BCUT2D eigenvalue weighted by molar-refractivity contribution is -0.118. The summed E-state index contributed by atoms with van der Waals surface area (Å²) >= 11 is 0. The Hall–Kier alpha value is -2.18. The molecule has 3 rings (SSSR count). The fourth-order valence-corrected chi connectivity index (χ4v) is 4.04. The number of carbonyl (C=O) groups is 1. The van der Waals surface area contributed by atoms with Gasteiger partial charge in [0.05, 0.1) is 4.90 Å². The molecule has 0 saturated carbocycles. The van der Waals surface area contributed by atoms with Gasteiger partial charge in [0, 0.05) is 12.2 Å². The van der Waals surface area contributed by atoms with Crippen LogP contribution in [0, 0.1) is 0 Å². The molecule has 1 heterocycles. The number of hydrogen-bond donors (Lipinski definition) is 1. The molecule has 2 aromatic rings. The Kier molecular flexibility index (Phi) is 4.69. The minimum absolute atomic E-state index is 0.186. The van der Waals surface area contributed by atoms with Gasteiger partial charge >= 0.3 is 0 Å². The van der Waals surface area contributed by atoms with Crippen LogP contribution < -0.4 is 9.62 Å². The maximum Gasteiger partial charge on any atom is 0.245 e. The van der Waals surface area contributed by atoms with Gasteiger partial charge in [0.15, 0.2) is 0 Å². The van der Waals surface area contributed by atoms with Crippen molar-refractivity contribution in [3.63, 3.8) is 0 Å². The lowest BCUT2D eigenvalue weighted by Crippen LogP contribution is -2.41. The van der Waals surface area contributed by atoms with Crippen LogP contribution in [0.1, 0.15) is 18.9 Å². The highest BCUT2D eigenvalue weighted by molar-refractivity contribution is 7.89. The van der Waals surface area contributed by atoms with Crippen LogP contribution in [0.2, 0.25) is 0 Å². The second-order valence-corrected chi connectivity index (χ2v) is 7.50. The van der Waals surface area contributed by atoms with E-state index < -0.39 is 16.1 Å². The fraction of sp³-hybridized carbons (Fsp3) is 0.278. The van der Waals surface area contributed by atoms with E-state index in [9.17, 15) is 13.2 Å². The minimum atomic E-state index is -3.70. The molecule has 0 aromatic heterocycles. The molecular formula is C18H20N2O3S. The highest BCUT2D eigenvalue weighted by atomic mass is 32.2. The van der Waals surface area contributed by atoms with Crippen molar-refractivity contribution in [2.75, 3.05) is 11.4 Å². The van der Waals surface area contributed by atoms with Crippen molar-refractivity contribution in [1.29, 1.82) is 0 Å². The molecule has 0 radical (unpaired) electrons. The van der Waals surface area contributed by atoms with Crippen molar-refractivity contribution in [2.45, 2.75) is 30.7 Å². The third-order valence-corrected chi connectivity index (χ3v) is 5.70. The summed E-state index contributed by atoms with van der Waals surface area (Å²) in [5.41, 5.74) is 1.86. The third kappa shape index (κ3) is 3.34. The third-order valence-electron chi connectivity index (χ3n) is 4.21. The first-order valence-electron chi connectivity index (χ1n) is 7.99. The predicted molar refractivity (Wildman–Crippen MR) is 93.3 cm³/mol. The molecule has 2 aromatic carbocycles. The maximum atomic E-state index is 12.5. The molecular weight excluding hydrogens is 324 g/mol. The first-order chi connectivity index (χ1) is 11.5. The van der Waals surface area contributed by atoms with Crippen LogP contribution >= 0.6 is 0 Å². The Balaban J connectivity index is 1.74. The van der Waals surface area contributed by atoms with Crippen molar-refractivity contribution in [3.8, 4) is 0 Å². The van der Waals surface area contributed by atoms with Crippen molar-refractivity contribution in [2.24, 2.45) is 0 Å². The zero-order valence-corrected chi connectivity index (χ0v) is 14.3. The Morgan fingerprint density at radius 3 is 2.38 bits per heavy atom. The van der Waals surface area contributed by atoms with Gasteiger partial charge in [-0.1, -0.05) is 37.3 Å². The summed E-state index contributed by atoms with van der Waals surface area (Å²) in [6.45, 7) is 2.52. The number of nitrogens with zero attached hydrogens (tertiary/aromatic N) is 1. The van der Waals surface area contributed by atoms with E-state index in [0.29, 0.717) is 13.0 Å². The molecule has 1 aliphatic heterocycles. The fourth-order valence-electron chi connectivity index (χ4n) is 2.81. The van der Waals surface area contributed by atoms with E-state index in [0.717, 1.165) is 17.7 Å². The molecule has 1 fully saturated rings. The molecule has 24 heavy (non-hydrogen) atoms. The van der Waals surface area contributed by atoms with Crippen LogP contribution in [0.4, 0.5) is 5.69 Å². The van der Waals surface area contributed by atoms with E-state index in [-0.39, 0.29) is 10.8 Å². The maximum absolute atomic E-state index is 12.5. The normalized spacial score (nSPS) is 18.1. The van der Waals surface area contributed by atoms with Crippen LogP contribution in [0.3, 0.4) is 0 Å². The molecule has 126 valence electrons. The van der Waals surface area contributed by atoms with Crippen LogP contribution in [0.15, 0.2) is 59.5 Å². The lowest BCUT2D eigenvalue weighted by atomic mass is 10.2. The second-order valence-electron chi connectivity index (χ2n) is 5.79. The molecule has 1 saturated heterocycles. The Bertz CT molecular complexity index is 817. The number of amides is 1. The van der Waals surface area contributed by atoms with E-state index in [2.05, 4.69) is 4.72 Å². The lowest BCUT2D eigenvalue weighted by Gasteiger charge is -2.17. The van der Waals surface area contributed by atoms with E-state index in [1.54, 1.807) is 29.2 Å². The summed E-state index contributed by atoms with van der Waals surface area (Å²) in [5, 5.41) is 0. The Morgan fingerprint density at radius 1 is 1.08 bits per heavy atom. The molecule has 6 heteroatoms.